The second-order valence-electron chi connectivity index (χ2n) is 3.71. The Morgan fingerprint density at radius 1 is 1.41 bits per heavy atom. The lowest BCUT2D eigenvalue weighted by molar-refractivity contribution is -0.116. The predicted octanol–water partition coefficient (Wildman–Crippen LogP) is 2.96. The molecule has 0 spiro atoms. The lowest BCUT2D eigenvalue weighted by atomic mass is 10.2. The van der Waals surface area contributed by atoms with Crippen LogP contribution >= 0.6 is 35.0 Å². The molecule has 3 nitrogen and oxygen atoms in total. The summed E-state index contributed by atoms with van der Waals surface area (Å²) in [6, 6.07) is 6.01. The summed E-state index contributed by atoms with van der Waals surface area (Å²) >= 11 is 2.26. The molecule has 0 saturated heterocycles. The van der Waals surface area contributed by atoms with E-state index < -0.39 is 0 Å². The summed E-state index contributed by atoms with van der Waals surface area (Å²) in [6.45, 7) is 2.88. The number of halogens is 2. The molecular formula is C12H18ClIN2O. The fourth-order valence-corrected chi connectivity index (χ4v) is 2.05. The van der Waals surface area contributed by atoms with Crippen molar-refractivity contribution in [1.29, 1.82) is 0 Å². The highest BCUT2D eigenvalue weighted by atomic mass is 127. The Bertz CT molecular complexity index is 372. The van der Waals surface area contributed by atoms with Gasteiger partial charge in [0.05, 0.1) is 0 Å². The van der Waals surface area contributed by atoms with Gasteiger partial charge in [-0.3, -0.25) is 4.79 Å². The monoisotopic (exact) mass is 368 g/mol. The number of anilines is 1. The number of rotatable bonds is 5. The fourth-order valence-electron chi connectivity index (χ4n) is 1.41. The molecule has 0 heterocycles. The molecule has 96 valence electrons. The van der Waals surface area contributed by atoms with Crippen molar-refractivity contribution in [3.05, 3.63) is 27.3 Å². The van der Waals surface area contributed by atoms with Crippen molar-refractivity contribution >= 4 is 46.6 Å². The summed E-state index contributed by atoms with van der Waals surface area (Å²) < 4.78 is 1.18. The normalized spacial score (nSPS) is 9.59. The molecule has 0 bridgehead atoms. The molecule has 1 aromatic rings. The van der Waals surface area contributed by atoms with Crippen LogP contribution in [0.4, 0.5) is 5.69 Å². The number of amides is 1. The van der Waals surface area contributed by atoms with Gasteiger partial charge in [-0.1, -0.05) is 0 Å². The lowest BCUT2D eigenvalue weighted by Crippen LogP contribution is -2.15. The Kier molecular flexibility index (Phi) is 8.55. The molecule has 5 heteroatoms. The average molecular weight is 369 g/mol. The van der Waals surface area contributed by atoms with E-state index in [1.54, 1.807) is 0 Å². The van der Waals surface area contributed by atoms with Crippen molar-refractivity contribution < 1.29 is 4.79 Å². The third kappa shape index (κ3) is 6.24. The maximum atomic E-state index is 11.6. The van der Waals surface area contributed by atoms with Gasteiger partial charge < -0.3 is 10.6 Å². The first-order valence-electron chi connectivity index (χ1n) is 5.34. The summed E-state index contributed by atoms with van der Waals surface area (Å²) in [4.78, 5) is 11.6. The molecule has 1 amide bonds. The molecule has 0 aliphatic carbocycles. The van der Waals surface area contributed by atoms with Crippen LogP contribution in [-0.4, -0.2) is 19.5 Å². The minimum absolute atomic E-state index is 0. The van der Waals surface area contributed by atoms with Crippen molar-refractivity contribution in [3.63, 3.8) is 0 Å². The van der Waals surface area contributed by atoms with Gasteiger partial charge in [-0.05, 0) is 73.3 Å². The van der Waals surface area contributed by atoms with Crippen molar-refractivity contribution in [1.82, 2.24) is 5.32 Å². The molecule has 0 unspecified atom stereocenters. The van der Waals surface area contributed by atoms with Gasteiger partial charge in [0.25, 0.3) is 0 Å². The number of hydrogen-bond acceptors (Lipinski definition) is 2. The second kappa shape index (κ2) is 8.72. The van der Waals surface area contributed by atoms with Crippen LogP contribution in [0.25, 0.3) is 0 Å². The first-order chi connectivity index (χ1) is 7.63. The Balaban J connectivity index is 0.00000256. The highest BCUT2D eigenvalue weighted by Gasteiger charge is 2.04. The highest BCUT2D eigenvalue weighted by molar-refractivity contribution is 14.1. The van der Waals surface area contributed by atoms with Crippen LogP contribution in [0.1, 0.15) is 18.4 Å². The second-order valence-corrected chi connectivity index (χ2v) is 4.96. The van der Waals surface area contributed by atoms with Crippen molar-refractivity contribution in [3.8, 4) is 0 Å². The molecule has 0 fully saturated rings. The van der Waals surface area contributed by atoms with E-state index in [1.807, 2.05) is 26.1 Å². The average Bonchev–Trinajstić information content (AvgIpc) is 2.23. The molecule has 17 heavy (non-hydrogen) atoms. The number of aryl methyl sites for hydroxylation is 1. The largest absolute Gasteiger partial charge is 0.326 e. The Morgan fingerprint density at radius 2 is 2.12 bits per heavy atom. The van der Waals surface area contributed by atoms with Gasteiger partial charge in [0.1, 0.15) is 0 Å². The summed E-state index contributed by atoms with van der Waals surface area (Å²) in [5.41, 5.74) is 2.02. The Hall–Kier alpha value is -0.330. The molecule has 0 aliphatic heterocycles. The van der Waals surface area contributed by atoms with Crippen LogP contribution in [0.2, 0.25) is 0 Å². The molecule has 2 N–H and O–H groups in total. The molecular weight excluding hydrogens is 351 g/mol. The van der Waals surface area contributed by atoms with Crippen LogP contribution in [0.5, 0.6) is 0 Å². The SMILES string of the molecule is CNCCCC(=O)Nc1ccc(I)cc1C.Cl. The first kappa shape index (κ1) is 16.7. The van der Waals surface area contributed by atoms with Gasteiger partial charge in [0.2, 0.25) is 5.91 Å². The van der Waals surface area contributed by atoms with Gasteiger partial charge in [0.15, 0.2) is 0 Å². The van der Waals surface area contributed by atoms with Gasteiger partial charge in [0, 0.05) is 15.7 Å². The van der Waals surface area contributed by atoms with E-state index >= 15 is 0 Å². The van der Waals surface area contributed by atoms with Crippen molar-refractivity contribution in [2.75, 3.05) is 18.9 Å². The van der Waals surface area contributed by atoms with Gasteiger partial charge in [-0.15, -0.1) is 12.4 Å². The van der Waals surface area contributed by atoms with E-state index in [1.165, 1.54) is 3.57 Å². The zero-order chi connectivity index (χ0) is 12.0. The minimum atomic E-state index is 0. The summed E-state index contributed by atoms with van der Waals surface area (Å²) in [6.07, 6.45) is 1.43. The Morgan fingerprint density at radius 3 is 2.71 bits per heavy atom. The maximum absolute atomic E-state index is 11.6. The van der Waals surface area contributed by atoms with E-state index in [0.29, 0.717) is 6.42 Å². The zero-order valence-electron chi connectivity index (χ0n) is 10.0. The number of hydrogen-bond donors (Lipinski definition) is 2. The molecule has 0 aromatic heterocycles. The Labute approximate surface area is 122 Å². The van der Waals surface area contributed by atoms with Crippen LogP contribution < -0.4 is 10.6 Å². The standard InChI is InChI=1S/C12H17IN2O.ClH/c1-9-8-10(13)5-6-11(9)15-12(16)4-3-7-14-2;/h5-6,8,14H,3-4,7H2,1-2H3,(H,15,16);1H. The van der Waals surface area contributed by atoms with Crippen LogP contribution in [0.3, 0.4) is 0 Å². The topological polar surface area (TPSA) is 41.1 Å². The number of carbonyl (C=O) groups excluding carboxylic acids is 1. The molecule has 0 atom stereocenters. The summed E-state index contributed by atoms with van der Waals surface area (Å²) in [7, 11) is 1.89. The van der Waals surface area contributed by atoms with E-state index in [-0.39, 0.29) is 18.3 Å². The third-order valence-electron chi connectivity index (χ3n) is 2.29. The summed E-state index contributed by atoms with van der Waals surface area (Å²) in [5, 5.41) is 5.95. The molecule has 1 rings (SSSR count). The van der Waals surface area contributed by atoms with Gasteiger partial charge >= 0.3 is 0 Å². The fraction of sp³-hybridized carbons (Fsp3) is 0.417. The van der Waals surface area contributed by atoms with Crippen LogP contribution in [-0.2, 0) is 4.79 Å². The lowest BCUT2D eigenvalue weighted by Gasteiger charge is -2.08. The molecule has 0 aliphatic rings. The van der Waals surface area contributed by atoms with Gasteiger partial charge in [-0.25, -0.2) is 0 Å². The number of carbonyl (C=O) groups is 1. The zero-order valence-corrected chi connectivity index (χ0v) is 13.0. The van der Waals surface area contributed by atoms with E-state index in [0.717, 1.165) is 24.2 Å². The van der Waals surface area contributed by atoms with E-state index in [9.17, 15) is 4.79 Å². The van der Waals surface area contributed by atoms with E-state index in [2.05, 4.69) is 39.3 Å². The predicted molar refractivity (Wildman–Crippen MR) is 82.9 cm³/mol. The van der Waals surface area contributed by atoms with Crippen molar-refractivity contribution in [2.45, 2.75) is 19.8 Å². The first-order valence-corrected chi connectivity index (χ1v) is 6.42. The number of nitrogens with one attached hydrogen (secondary N) is 2. The van der Waals surface area contributed by atoms with Gasteiger partial charge in [-0.2, -0.15) is 0 Å². The van der Waals surface area contributed by atoms with Crippen LogP contribution in [0.15, 0.2) is 18.2 Å². The maximum Gasteiger partial charge on any atom is 0.224 e. The molecule has 0 saturated carbocycles. The van der Waals surface area contributed by atoms with Crippen LogP contribution in [0, 0.1) is 10.5 Å². The highest BCUT2D eigenvalue weighted by Crippen LogP contribution is 2.17. The molecule has 1 aromatic carbocycles. The minimum Gasteiger partial charge on any atom is -0.326 e. The number of benzene rings is 1. The van der Waals surface area contributed by atoms with E-state index in [4.69, 9.17) is 0 Å². The third-order valence-corrected chi connectivity index (χ3v) is 2.96. The quantitative estimate of drug-likeness (QED) is 0.620. The smallest absolute Gasteiger partial charge is 0.224 e. The molecule has 0 radical (unpaired) electrons. The summed E-state index contributed by atoms with van der Waals surface area (Å²) in [5.74, 6) is 0.0829. The van der Waals surface area contributed by atoms with Crippen molar-refractivity contribution in [2.24, 2.45) is 0 Å².